The van der Waals surface area contributed by atoms with Gasteiger partial charge >= 0.3 is 0 Å². The largest absolute Gasteiger partial charge is 0.355 e. The monoisotopic (exact) mass is 325 g/mol. The topological polar surface area (TPSA) is 70.2 Å². The Labute approximate surface area is 120 Å². The molecule has 0 aromatic heterocycles. The van der Waals surface area contributed by atoms with E-state index in [2.05, 4.69) is 31.9 Å². The molecule has 6 heteroatoms. The smallest absolute Gasteiger partial charge is 0.238 e. The van der Waals surface area contributed by atoms with Crippen molar-refractivity contribution in [1.29, 1.82) is 0 Å². The van der Waals surface area contributed by atoms with E-state index in [0.29, 0.717) is 13.0 Å². The Morgan fingerprint density at radius 2 is 2.21 bits per heavy atom. The second-order valence-electron chi connectivity index (χ2n) is 4.45. The summed E-state index contributed by atoms with van der Waals surface area (Å²) in [5, 5.41) is 8.74. The van der Waals surface area contributed by atoms with Gasteiger partial charge in [0.2, 0.25) is 11.8 Å². The highest BCUT2D eigenvalue weighted by atomic mass is 79.9. The fourth-order valence-electron chi connectivity index (χ4n) is 1.90. The molecule has 2 amide bonds. The molecule has 1 aliphatic rings. The van der Waals surface area contributed by atoms with Crippen molar-refractivity contribution in [3.8, 4) is 0 Å². The minimum absolute atomic E-state index is 0.0794. The van der Waals surface area contributed by atoms with Crippen LogP contribution < -0.4 is 16.0 Å². The van der Waals surface area contributed by atoms with Crippen molar-refractivity contribution < 1.29 is 9.59 Å². The van der Waals surface area contributed by atoms with Crippen molar-refractivity contribution >= 4 is 33.4 Å². The van der Waals surface area contributed by atoms with E-state index in [-0.39, 0.29) is 24.4 Å². The fourth-order valence-corrected chi connectivity index (χ4v) is 2.28. The molecule has 19 heavy (non-hydrogen) atoms. The molecule has 0 radical (unpaired) electrons. The van der Waals surface area contributed by atoms with Crippen LogP contribution in [0.15, 0.2) is 28.7 Å². The normalized spacial score (nSPS) is 18.8. The molecular formula is C13H16BrN3O2. The Morgan fingerprint density at radius 1 is 1.42 bits per heavy atom. The van der Waals surface area contributed by atoms with E-state index in [1.165, 1.54) is 0 Å². The van der Waals surface area contributed by atoms with E-state index >= 15 is 0 Å². The van der Waals surface area contributed by atoms with Gasteiger partial charge in [0, 0.05) is 23.5 Å². The zero-order chi connectivity index (χ0) is 13.7. The van der Waals surface area contributed by atoms with Crippen LogP contribution in [0.25, 0.3) is 0 Å². The predicted molar refractivity (Wildman–Crippen MR) is 76.8 cm³/mol. The van der Waals surface area contributed by atoms with Gasteiger partial charge in [-0.05, 0) is 34.5 Å². The van der Waals surface area contributed by atoms with Crippen molar-refractivity contribution in [3.05, 3.63) is 28.7 Å². The molecule has 0 saturated carbocycles. The molecule has 0 aliphatic carbocycles. The van der Waals surface area contributed by atoms with Crippen LogP contribution in [-0.4, -0.2) is 30.9 Å². The van der Waals surface area contributed by atoms with Crippen molar-refractivity contribution in [2.75, 3.05) is 18.4 Å². The van der Waals surface area contributed by atoms with E-state index in [0.717, 1.165) is 16.6 Å². The molecule has 1 aliphatic heterocycles. The van der Waals surface area contributed by atoms with E-state index < -0.39 is 0 Å². The van der Waals surface area contributed by atoms with Gasteiger partial charge in [-0.1, -0.05) is 12.1 Å². The quantitative estimate of drug-likeness (QED) is 0.780. The Bertz CT molecular complexity index is 469. The van der Waals surface area contributed by atoms with Crippen LogP contribution in [0.4, 0.5) is 5.69 Å². The summed E-state index contributed by atoms with van der Waals surface area (Å²) in [5.41, 5.74) is 0.756. The molecule has 5 nitrogen and oxygen atoms in total. The van der Waals surface area contributed by atoms with Crippen LogP contribution in [0.1, 0.15) is 12.8 Å². The molecule has 1 aromatic carbocycles. The number of carbonyl (C=O) groups is 2. The molecular weight excluding hydrogens is 310 g/mol. The number of carbonyl (C=O) groups excluding carboxylic acids is 2. The molecule has 1 saturated heterocycles. The Hall–Kier alpha value is -1.40. The first-order chi connectivity index (χ1) is 9.15. The number of hydrogen-bond donors (Lipinski definition) is 3. The first-order valence-corrected chi connectivity index (χ1v) is 6.99. The highest BCUT2D eigenvalue weighted by Gasteiger charge is 2.18. The molecule has 0 bridgehead atoms. The summed E-state index contributed by atoms with van der Waals surface area (Å²) in [6, 6.07) is 7.64. The van der Waals surface area contributed by atoms with Crippen LogP contribution in [0.2, 0.25) is 0 Å². The number of hydrogen-bond acceptors (Lipinski definition) is 3. The summed E-state index contributed by atoms with van der Waals surface area (Å²) in [6.07, 6.45) is 1.29. The molecule has 102 valence electrons. The number of para-hydroxylation sites is 1. The highest BCUT2D eigenvalue weighted by molar-refractivity contribution is 9.10. The Morgan fingerprint density at radius 3 is 2.89 bits per heavy atom. The van der Waals surface area contributed by atoms with Gasteiger partial charge in [-0.15, -0.1) is 0 Å². The maximum Gasteiger partial charge on any atom is 0.238 e. The maximum atomic E-state index is 11.8. The lowest BCUT2D eigenvalue weighted by Gasteiger charge is -2.23. The van der Waals surface area contributed by atoms with Crippen molar-refractivity contribution in [2.45, 2.75) is 18.9 Å². The summed E-state index contributed by atoms with van der Waals surface area (Å²) < 4.78 is 0.855. The fraction of sp³-hybridized carbons (Fsp3) is 0.385. The number of halogens is 1. The van der Waals surface area contributed by atoms with Crippen LogP contribution in [0, 0.1) is 0 Å². The summed E-state index contributed by atoms with van der Waals surface area (Å²) >= 11 is 3.38. The van der Waals surface area contributed by atoms with Gasteiger partial charge in [0.15, 0.2) is 0 Å². The summed E-state index contributed by atoms with van der Waals surface area (Å²) in [7, 11) is 0. The zero-order valence-electron chi connectivity index (χ0n) is 10.4. The van der Waals surface area contributed by atoms with Gasteiger partial charge in [-0.2, -0.15) is 0 Å². The number of amides is 2. The van der Waals surface area contributed by atoms with Gasteiger partial charge in [0.05, 0.1) is 12.2 Å². The SMILES string of the molecule is O=C1CCC(NCC(=O)Nc2ccccc2Br)CN1. The molecule has 1 aromatic rings. The first kappa shape index (κ1) is 14.0. The third-order valence-corrected chi connectivity index (χ3v) is 3.66. The average Bonchev–Trinajstić information content (AvgIpc) is 2.41. The molecule has 3 N–H and O–H groups in total. The number of benzene rings is 1. The zero-order valence-corrected chi connectivity index (χ0v) is 12.0. The second-order valence-corrected chi connectivity index (χ2v) is 5.30. The standard InChI is InChI=1S/C13H16BrN3O2/c14-10-3-1-2-4-11(10)17-13(19)8-15-9-5-6-12(18)16-7-9/h1-4,9,15H,5-8H2,(H,16,18)(H,17,19). The lowest BCUT2D eigenvalue weighted by molar-refractivity contribution is -0.122. The van der Waals surface area contributed by atoms with Crippen LogP contribution in [0.5, 0.6) is 0 Å². The molecule has 1 unspecified atom stereocenters. The molecule has 2 rings (SSSR count). The van der Waals surface area contributed by atoms with Gasteiger partial charge < -0.3 is 16.0 Å². The lowest BCUT2D eigenvalue weighted by Crippen LogP contribution is -2.47. The number of rotatable bonds is 4. The third-order valence-electron chi connectivity index (χ3n) is 2.96. The minimum atomic E-state index is -0.0937. The van der Waals surface area contributed by atoms with Gasteiger partial charge in [0.1, 0.15) is 0 Å². The molecule has 1 atom stereocenters. The number of nitrogens with one attached hydrogen (secondary N) is 3. The van der Waals surface area contributed by atoms with E-state index in [1.807, 2.05) is 24.3 Å². The highest BCUT2D eigenvalue weighted by Crippen LogP contribution is 2.20. The average molecular weight is 326 g/mol. The van der Waals surface area contributed by atoms with Crippen molar-refractivity contribution in [3.63, 3.8) is 0 Å². The van der Waals surface area contributed by atoms with Crippen molar-refractivity contribution in [2.24, 2.45) is 0 Å². The van der Waals surface area contributed by atoms with Crippen LogP contribution in [-0.2, 0) is 9.59 Å². The Kier molecular flexibility index (Phi) is 4.93. The number of piperidine rings is 1. The number of anilines is 1. The van der Waals surface area contributed by atoms with Gasteiger partial charge in [-0.25, -0.2) is 0 Å². The third kappa shape index (κ3) is 4.33. The summed E-state index contributed by atoms with van der Waals surface area (Å²) in [6.45, 7) is 0.822. The summed E-state index contributed by atoms with van der Waals surface area (Å²) in [5.74, 6) is -0.0143. The van der Waals surface area contributed by atoms with Crippen LogP contribution >= 0.6 is 15.9 Å². The maximum absolute atomic E-state index is 11.8. The molecule has 0 spiro atoms. The van der Waals surface area contributed by atoms with Crippen LogP contribution in [0.3, 0.4) is 0 Å². The van der Waals surface area contributed by atoms with E-state index in [4.69, 9.17) is 0 Å². The first-order valence-electron chi connectivity index (χ1n) is 6.19. The molecule has 1 fully saturated rings. The van der Waals surface area contributed by atoms with Crippen molar-refractivity contribution in [1.82, 2.24) is 10.6 Å². The summed E-state index contributed by atoms with van der Waals surface area (Å²) in [4.78, 5) is 22.8. The minimum Gasteiger partial charge on any atom is -0.355 e. The van der Waals surface area contributed by atoms with Gasteiger partial charge in [-0.3, -0.25) is 9.59 Å². The van der Waals surface area contributed by atoms with E-state index in [1.54, 1.807) is 0 Å². The predicted octanol–water partition coefficient (Wildman–Crippen LogP) is 1.26. The van der Waals surface area contributed by atoms with Gasteiger partial charge in [0.25, 0.3) is 0 Å². The second kappa shape index (κ2) is 6.68. The lowest BCUT2D eigenvalue weighted by atomic mass is 10.1. The molecule has 1 heterocycles. The van der Waals surface area contributed by atoms with E-state index in [9.17, 15) is 9.59 Å². The Balaban J connectivity index is 1.76.